The van der Waals surface area contributed by atoms with Gasteiger partial charge in [0.25, 0.3) is 5.91 Å². The van der Waals surface area contributed by atoms with Gasteiger partial charge in [0.1, 0.15) is 6.10 Å². The van der Waals surface area contributed by atoms with E-state index in [1.54, 1.807) is 0 Å². The number of ether oxygens (including phenoxy) is 1. The van der Waals surface area contributed by atoms with Crippen molar-refractivity contribution in [2.75, 3.05) is 45.9 Å². The molecule has 6 nitrogen and oxygen atoms in total. The summed E-state index contributed by atoms with van der Waals surface area (Å²) in [7, 11) is 0. The number of rotatable bonds is 6. The van der Waals surface area contributed by atoms with Gasteiger partial charge in [0.15, 0.2) is 5.96 Å². The van der Waals surface area contributed by atoms with Crippen molar-refractivity contribution in [1.29, 1.82) is 0 Å². The minimum Gasteiger partial charge on any atom is -0.368 e. The number of piperazine rings is 1. The summed E-state index contributed by atoms with van der Waals surface area (Å²) in [6.07, 6.45) is 5.28. The van der Waals surface area contributed by atoms with Gasteiger partial charge in [0.2, 0.25) is 0 Å². The van der Waals surface area contributed by atoms with Crippen molar-refractivity contribution < 1.29 is 9.53 Å². The number of carbonyl (C=O) groups excluding carboxylic acids is 1. The molecular weight excluding hydrogens is 364 g/mol. The number of nitrogens with zero attached hydrogens (tertiary/aromatic N) is 3. The maximum Gasteiger partial charge on any atom is 0.251 e. The first-order valence-electron chi connectivity index (χ1n) is 11.2. The number of amides is 1. The van der Waals surface area contributed by atoms with Crippen molar-refractivity contribution in [2.45, 2.75) is 45.1 Å². The minimum atomic E-state index is -0.212. The molecule has 1 saturated carbocycles. The fraction of sp³-hybridized carbons (Fsp3) is 0.652. The second-order valence-electron chi connectivity index (χ2n) is 8.65. The van der Waals surface area contributed by atoms with E-state index in [2.05, 4.69) is 47.5 Å². The van der Waals surface area contributed by atoms with Crippen LogP contribution in [0.3, 0.4) is 0 Å². The van der Waals surface area contributed by atoms with Gasteiger partial charge in [-0.15, -0.1) is 0 Å². The molecule has 1 unspecified atom stereocenters. The van der Waals surface area contributed by atoms with E-state index in [-0.39, 0.29) is 12.0 Å². The molecule has 6 heteroatoms. The average Bonchev–Trinajstić information content (AvgIpc) is 3.29. The molecule has 0 spiro atoms. The van der Waals surface area contributed by atoms with E-state index in [0.29, 0.717) is 5.41 Å². The zero-order chi connectivity index (χ0) is 20.1. The average molecular weight is 399 g/mol. The fourth-order valence-electron chi connectivity index (χ4n) is 4.38. The van der Waals surface area contributed by atoms with Crippen LogP contribution >= 0.6 is 0 Å². The molecule has 2 aliphatic heterocycles. The predicted octanol–water partition coefficient (Wildman–Crippen LogP) is 2.30. The Labute approximate surface area is 174 Å². The third kappa shape index (κ3) is 5.10. The lowest BCUT2D eigenvalue weighted by Gasteiger charge is -2.37. The van der Waals surface area contributed by atoms with E-state index in [9.17, 15) is 4.79 Å². The summed E-state index contributed by atoms with van der Waals surface area (Å²) in [4.78, 5) is 21.9. The Hall–Kier alpha value is -2.08. The molecule has 1 aromatic rings. The Bertz CT molecular complexity index is 703. The first-order chi connectivity index (χ1) is 14.2. The van der Waals surface area contributed by atoms with Crippen LogP contribution in [-0.2, 0) is 16.0 Å². The second-order valence-corrected chi connectivity index (χ2v) is 8.65. The number of carbonyl (C=O) groups is 1. The van der Waals surface area contributed by atoms with Crippen LogP contribution in [0.25, 0.3) is 0 Å². The first-order valence-corrected chi connectivity index (χ1v) is 11.2. The standard InChI is InChI=1S/C23H34N4O2/c1-2-24-22(25-18-23(10-11-23)17-19-7-4-3-5-8-19)27-14-12-26(13-15-27)21(28)20-9-6-16-29-20/h3-5,7-8,20H,2,6,9-18H2,1H3,(H,24,25). The molecule has 4 rings (SSSR count). The maximum absolute atomic E-state index is 12.6. The lowest BCUT2D eigenvalue weighted by Crippen LogP contribution is -2.55. The zero-order valence-corrected chi connectivity index (χ0v) is 17.6. The summed E-state index contributed by atoms with van der Waals surface area (Å²) < 4.78 is 5.57. The summed E-state index contributed by atoms with van der Waals surface area (Å²) >= 11 is 0. The van der Waals surface area contributed by atoms with Gasteiger partial charge in [-0.05, 0) is 50.0 Å². The molecule has 2 saturated heterocycles. The highest BCUT2D eigenvalue weighted by Crippen LogP contribution is 2.48. The van der Waals surface area contributed by atoms with Crippen molar-refractivity contribution in [3.8, 4) is 0 Å². The molecule has 0 radical (unpaired) electrons. The second kappa shape index (κ2) is 9.16. The monoisotopic (exact) mass is 398 g/mol. The quantitative estimate of drug-likeness (QED) is 0.590. The first kappa shape index (κ1) is 20.2. The third-order valence-corrected chi connectivity index (χ3v) is 6.37. The Kier molecular flexibility index (Phi) is 6.38. The SMILES string of the molecule is CCNC(=NCC1(Cc2ccccc2)CC1)N1CCN(C(=O)C2CCCO2)CC1. The molecule has 3 aliphatic rings. The number of benzene rings is 1. The third-order valence-electron chi connectivity index (χ3n) is 6.37. The van der Waals surface area contributed by atoms with Crippen LogP contribution in [0, 0.1) is 5.41 Å². The Morgan fingerprint density at radius 2 is 1.90 bits per heavy atom. The number of guanidine groups is 1. The summed E-state index contributed by atoms with van der Waals surface area (Å²) in [5.41, 5.74) is 1.74. The summed E-state index contributed by atoms with van der Waals surface area (Å²) in [5.74, 6) is 1.17. The highest BCUT2D eigenvalue weighted by Gasteiger charge is 2.42. The lowest BCUT2D eigenvalue weighted by atomic mass is 9.97. The van der Waals surface area contributed by atoms with Crippen LogP contribution in [0.2, 0.25) is 0 Å². The fourth-order valence-corrected chi connectivity index (χ4v) is 4.38. The predicted molar refractivity (Wildman–Crippen MR) is 115 cm³/mol. The van der Waals surface area contributed by atoms with Gasteiger partial charge in [-0.1, -0.05) is 30.3 Å². The van der Waals surface area contributed by atoms with Crippen LogP contribution in [-0.4, -0.2) is 73.6 Å². The molecule has 1 aliphatic carbocycles. The number of hydrogen-bond donors (Lipinski definition) is 1. The van der Waals surface area contributed by atoms with Crippen molar-refractivity contribution in [3.05, 3.63) is 35.9 Å². The molecule has 3 fully saturated rings. The topological polar surface area (TPSA) is 57.2 Å². The van der Waals surface area contributed by atoms with Crippen molar-refractivity contribution in [1.82, 2.24) is 15.1 Å². The van der Waals surface area contributed by atoms with Crippen LogP contribution < -0.4 is 5.32 Å². The Morgan fingerprint density at radius 3 is 2.52 bits per heavy atom. The van der Waals surface area contributed by atoms with E-state index < -0.39 is 0 Å². The zero-order valence-electron chi connectivity index (χ0n) is 17.6. The molecular formula is C23H34N4O2. The molecule has 29 heavy (non-hydrogen) atoms. The molecule has 1 amide bonds. The van der Waals surface area contributed by atoms with Gasteiger partial charge >= 0.3 is 0 Å². The van der Waals surface area contributed by atoms with Crippen LogP contribution in [0.15, 0.2) is 35.3 Å². The summed E-state index contributed by atoms with van der Waals surface area (Å²) in [6, 6.07) is 10.8. The van der Waals surface area contributed by atoms with Crippen LogP contribution in [0.1, 0.15) is 38.2 Å². The van der Waals surface area contributed by atoms with Crippen molar-refractivity contribution in [2.24, 2.45) is 10.4 Å². The molecule has 1 atom stereocenters. The summed E-state index contributed by atoms with van der Waals surface area (Å²) in [6.45, 7) is 7.73. The molecule has 0 bridgehead atoms. The van der Waals surface area contributed by atoms with E-state index in [0.717, 1.165) is 71.1 Å². The van der Waals surface area contributed by atoms with Gasteiger partial charge in [0.05, 0.1) is 0 Å². The largest absolute Gasteiger partial charge is 0.368 e. The van der Waals surface area contributed by atoms with Crippen molar-refractivity contribution in [3.63, 3.8) is 0 Å². The highest BCUT2D eigenvalue weighted by atomic mass is 16.5. The highest BCUT2D eigenvalue weighted by molar-refractivity contribution is 5.83. The number of hydrogen-bond acceptors (Lipinski definition) is 3. The van der Waals surface area contributed by atoms with E-state index in [4.69, 9.17) is 9.73 Å². The molecule has 1 N–H and O–H groups in total. The van der Waals surface area contributed by atoms with Crippen LogP contribution in [0.5, 0.6) is 0 Å². The maximum atomic E-state index is 12.6. The van der Waals surface area contributed by atoms with Crippen LogP contribution in [0.4, 0.5) is 0 Å². The molecule has 158 valence electrons. The number of nitrogens with one attached hydrogen (secondary N) is 1. The molecule has 1 aromatic carbocycles. The molecule has 0 aromatic heterocycles. The summed E-state index contributed by atoms with van der Waals surface area (Å²) in [5, 5.41) is 3.46. The Morgan fingerprint density at radius 1 is 1.17 bits per heavy atom. The van der Waals surface area contributed by atoms with E-state index in [1.165, 1.54) is 18.4 Å². The Balaban J connectivity index is 1.32. The lowest BCUT2D eigenvalue weighted by molar-refractivity contribution is -0.142. The van der Waals surface area contributed by atoms with E-state index in [1.807, 2.05) is 4.90 Å². The normalized spacial score (nSPS) is 23.9. The van der Waals surface area contributed by atoms with Gasteiger partial charge in [-0.25, -0.2) is 0 Å². The molecule has 2 heterocycles. The smallest absolute Gasteiger partial charge is 0.251 e. The van der Waals surface area contributed by atoms with Gasteiger partial charge in [0, 0.05) is 45.9 Å². The van der Waals surface area contributed by atoms with Gasteiger partial charge < -0.3 is 19.9 Å². The van der Waals surface area contributed by atoms with Crippen molar-refractivity contribution >= 4 is 11.9 Å². The minimum absolute atomic E-state index is 0.170. The van der Waals surface area contributed by atoms with Gasteiger partial charge in [-0.3, -0.25) is 9.79 Å². The number of aliphatic imine (C=N–C) groups is 1. The van der Waals surface area contributed by atoms with E-state index >= 15 is 0 Å². The van der Waals surface area contributed by atoms with Gasteiger partial charge in [-0.2, -0.15) is 0 Å².